The zero-order valence-electron chi connectivity index (χ0n) is 11.1. The Morgan fingerprint density at radius 3 is 2.84 bits per heavy atom. The van der Waals surface area contributed by atoms with Crippen LogP contribution in [0, 0.1) is 13.8 Å². The van der Waals surface area contributed by atoms with Gasteiger partial charge in [0, 0.05) is 18.2 Å². The lowest BCUT2D eigenvalue weighted by Crippen LogP contribution is -2.10. The fourth-order valence-electron chi connectivity index (χ4n) is 1.90. The van der Waals surface area contributed by atoms with Gasteiger partial charge in [0.05, 0.1) is 12.3 Å². The van der Waals surface area contributed by atoms with Gasteiger partial charge in [-0.15, -0.1) is 11.3 Å². The molecular formula is C13H16N2O3S. The number of anilines is 1. The minimum Gasteiger partial charge on any atom is -0.459 e. The van der Waals surface area contributed by atoms with Crippen molar-refractivity contribution >= 4 is 33.2 Å². The molecule has 2 heterocycles. The number of aryl methyl sites for hydroxylation is 2. The van der Waals surface area contributed by atoms with Crippen LogP contribution in [0.4, 0.5) is 5.69 Å². The molecule has 0 aliphatic heterocycles. The van der Waals surface area contributed by atoms with Gasteiger partial charge in [0.25, 0.3) is 0 Å². The van der Waals surface area contributed by atoms with Crippen molar-refractivity contribution in [1.82, 2.24) is 4.98 Å². The third kappa shape index (κ3) is 2.69. The van der Waals surface area contributed by atoms with Crippen LogP contribution in [0.25, 0.3) is 10.2 Å². The Morgan fingerprint density at radius 2 is 2.16 bits per heavy atom. The third-order valence-corrected chi connectivity index (χ3v) is 3.81. The van der Waals surface area contributed by atoms with Gasteiger partial charge in [0.15, 0.2) is 0 Å². The second-order valence-corrected chi connectivity index (χ2v) is 5.23. The van der Waals surface area contributed by atoms with Crippen LogP contribution in [0.5, 0.6) is 0 Å². The first kappa shape index (κ1) is 13.8. The second-order valence-electron chi connectivity index (χ2n) is 4.23. The Kier molecular flexibility index (Phi) is 4.01. The molecule has 19 heavy (non-hydrogen) atoms. The molecule has 2 aromatic heterocycles. The number of nitrogens with zero attached hydrogens (tertiary/aromatic N) is 1. The number of carbonyl (C=O) groups excluding carboxylic acids is 1. The maximum absolute atomic E-state index is 11.9. The lowest BCUT2D eigenvalue weighted by molar-refractivity contribution is 0.0394. The third-order valence-electron chi connectivity index (χ3n) is 2.73. The fourth-order valence-corrected chi connectivity index (χ4v) is 3.01. The number of hydrogen-bond acceptors (Lipinski definition) is 6. The largest absolute Gasteiger partial charge is 0.459 e. The first-order chi connectivity index (χ1) is 9.04. The first-order valence-electron chi connectivity index (χ1n) is 5.87. The van der Waals surface area contributed by atoms with Gasteiger partial charge in [-0.1, -0.05) is 0 Å². The molecule has 0 spiro atoms. The topological polar surface area (TPSA) is 74.4 Å². The average Bonchev–Trinajstić information content (AvgIpc) is 2.66. The highest BCUT2D eigenvalue weighted by atomic mass is 32.1. The predicted octanol–water partition coefficient (Wildman–Crippen LogP) is 2.30. The summed E-state index contributed by atoms with van der Waals surface area (Å²) < 4.78 is 9.92. The van der Waals surface area contributed by atoms with E-state index in [-0.39, 0.29) is 6.61 Å². The van der Waals surface area contributed by atoms with Crippen LogP contribution < -0.4 is 5.73 Å². The summed E-state index contributed by atoms with van der Waals surface area (Å²) in [6.45, 7) is 4.46. The maximum atomic E-state index is 11.9. The standard InChI is InChI=1S/C13H16N2O3S/c1-7-6-8(2)15-12-9(7)10(14)11(19-12)13(16)18-5-4-17-3/h6H,4-5,14H2,1-3H3. The number of fused-ring (bicyclic) bond motifs is 1. The monoisotopic (exact) mass is 280 g/mol. The van der Waals surface area contributed by atoms with Crippen molar-refractivity contribution in [3.05, 3.63) is 22.2 Å². The van der Waals surface area contributed by atoms with E-state index in [0.717, 1.165) is 21.5 Å². The van der Waals surface area contributed by atoms with Crippen LogP contribution in [0.15, 0.2) is 6.07 Å². The summed E-state index contributed by atoms with van der Waals surface area (Å²) in [4.78, 5) is 17.5. The molecule has 0 aromatic carbocycles. The number of aromatic nitrogens is 1. The van der Waals surface area contributed by atoms with Gasteiger partial charge in [-0.3, -0.25) is 0 Å². The molecule has 6 heteroatoms. The van der Waals surface area contributed by atoms with E-state index >= 15 is 0 Å². The second kappa shape index (κ2) is 5.54. The van der Waals surface area contributed by atoms with Crippen LogP contribution in [0.3, 0.4) is 0 Å². The van der Waals surface area contributed by atoms with E-state index in [1.54, 1.807) is 7.11 Å². The molecule has 0 radical (unpaired) electrons. The van der Waals surface area contributed by atoms with Crippen molar-refractivity contribution in [2.75, 3.05) is 26.1 Å². The van der Waals surface area contributed by atoms with E-state index in [4.69, 9.17) is 15.2 Å². The highest BCUT2D eigenvalue weighted by Crippen LogP contribution is 2.35. The van der Waals surface area contributed by atoms with Gasteiger partial charge in [-0.05, 0) is 25.5 Å². The van der Waals surface area contributed by atoms with E-state index < -0.39 is 5.97 Å². The lowest BCUT2D eigenvalue weighted by atomic mass is 10.1. The number of nitrogens with two attached hydrogens (primary N) is 1. The maximum Gasteiger partial charge on any atom is 0.350 e. The van der Waals surface area contributed by atoms with E-state index in [0.29, 0.717) is 17.2 Å². The molecule has 0 saturated heterocycles. The minimum atomic E-state index is -0.422. The summed E-state index contributed by atoms with van der Waals surface area (Å²) in [6.07, 6.45) is 0. The molecule has 0 unspecified atom stereocenters. The Bertz CT molecular complexity index is 622. The van der Waals surface area contributed by atoms with Gasteiger partial charge in [-0.25, -0.2) is 9.78 Å². The van der Waals surface area contributed by atoms with Crippen LogP contribution in [0.1, 0.15) is 20.9 Å². The van der Waals surface area contributed by atoms with Crippen LogP contribution in [-0.2, 0) is 9.47 Å². The SMILES string of the molecule is COCCOC(=O)c1sc2nc(C)cc(C)c2c1N. The lowest BCUT2D eigenvalue weighted by Gasteiger charge is -2.03. The number of ether oxygens (including phenoxy) is 2. The molecule has 0 aliphatic rings. The smallest absolute Gasteiger partial charge is 0.350 e. The molecule has 0 saturated carbocycles. The molecule has 2 rings (SSSR count). The number of methoxy groups -OCH3 is 1. The summed E-state index contributed by atoms with van der Waals surface area (Å²) in [5.74, 6) is -0.422. The summed E-state index contributed by atoms with van der Waals surface area (Å²) in [6, 6.07) is 1.95. The van der Waals surface area contributed by atoms with Crippen LogP contribution >= 0.6 is 11.3 Å². The van der Waals surface area contributed by atoms with Crippen molar-refractivity contribution in [3.63, 3.8) is 0 Å². The van der Waals surface area contributed by atoms with Crippen molar-refractivity contribution in [1.29, 1.82) is 0 Å². The summed E-state index contributed by atoms with van der Waals surface area (Å²) in [5.41, 5.74) is 8.41. The van der Waals surface area contributed by atoms with Crippen molar-refractivity contribution in [2.24, 2.45) is 0 Å². The number of carbonyl (C=O) groups is 1. The fraction of sp³-hybridized carbons (Fsp3) is 0.385. The Labute approximate surface area is 115 Å². The van der Waals surface area contributed by atoms with Gasteiger partial charge < -0.3 is 15.2 Å². The summed E-state index contributed by atoms with van der Waals surface area (Å²) >= 11 is 1.27. The molecule has 2 N–H and O–H groups in total. The van der Waals surface area contributed by atoms with Crippen molar-refractivity contribution in [2.45, 2.75) is 13.8 Å². The highest BCUT2D eigenvalue weighted by molar-refractivity contribution is 7.21. The molecular weight excluding hydrogens is 264 g/mol. The van der Waals surface area contributed by atoms with E-state index in [1.165, 1.54) is 11.3 Å². The van der Waals surface area contributed by atoms with E-state index in [2.05, 4.69) is 4.98 Å². The first-order valence-corrected chi connectivity index (χ1v) is 6.68. The highest BCUT2D eigenvalue weighted by Gasteiger charge is 2.19. The number of pyridine rings is 1. The zero-order chi connectivity index (χ0) is 14.0. The number of esters is 1. The predicted molar refractivity (Wildman–Crippen MR) is 75.7 cm³/mol. The van der Waals surface area contributed by atoms with Gasteiger partial charge in [0.1, 0.15) is 16.3 Å². The Balaban J connectivity index is 2.37. The normalized spacial score (nSPS) is 10.9. The molecule has 0 atom stereocenters. The van der Waals surface area contributed by atoms with E-state index in [9.17, 15) is 4.79 Å². The summed E-state index contributed by atoms with van der Waals surface area (Å²) in [7, 11) is 1.55. The quantitative estimate of drug-likeness (QED) is 0.687. The molecule has 102 valence electrons. The Hall–Kier alpha value is -1.66. The van der Waals surface area contributed by atoms with Gasteiger partial charge >= 0.3 is 5.97 Å². The van der Waals surface area contributed by atoms with Gasteiger partial charge in [0.2, 0.25) is 0 Å². The summed E-state index contributed by atoms with van der Waals surface area (Å²) in [5, 5.41) is 0.842. The van der Waals surface area contributed by atoms with Crippen LogP contribution in [-0.4, -0.2) is 31.3 Å². The van der Waals surface area contributed by atoms with Crippen molar-refractivity contribution < 1.29 is 14.3 Å². The number of nitrogen functional groups attached to an aromatic ring is 1. The van der Waals surface area contributed by atoms with E-state index in [1.807, 2.05) is 19.9 Å². The molecule has 0 amide bonds. The molecule has 2 aromatic rings. The molecule has 5 nitrogen and oxygen atoms in total. The zero-order valence-corrected chi connectivity index (χ0v) is 12.0. The minimum absolute atomic E-state index is 0.217. The van der Waals surface area contributed by atoms with Crippen LogP contribution in [0.2, 0.25) is 0 Å². The molecule has 0 fully saturated rings. The molecule has 0 aliphatic carbocycles. The average molecular weight is 280 g/mol. The molecule has 0 bridgehead atoms. The van der Waals surface area contributed by atoms with Crippen molar-refractivity contribution in [3.8, 4) is 0 Å². The number of hydrogen-bond donors (Lipinski definition) is 1. The van der Waals surface area contributed by atoms with Gasteiger partial charge in [-0.2, -0.15) is 0 Å². The number of thiophene rings is 1. The number of rotatable bonds is 4. The Morgan fingerprint density at radius 1 is 1.42 bits per heavy atom.